The van der Waals surface area contributed by atoms with Gasteiger partial charge in [0.1, 0.15) is 30.4 Å². The van der Waals surface area contributed by atoms with Crippen LogP contribution >= 0.6 is 0 Å². The highest BCUT2D eigenvalue weighted by Crippen LogP contribution is 2.26. The molecule has 0 aliphatic rings. The summed E-state index contributed by atoms with van der Waals surface area (Å²) in [5.41, 5.74) is 0.798. The van der Waals surface area contributed by atoms with Gasteiger partial charge >= 0.3 is 0 Å². The fraction of sp³-hybridized carbons (Fsp3) is 0.688. The molecule has 152 valence electrons. The van der Waals surface area contributed by atoms with E-state index in [9.17, 15) is 20.4 Å². The van der Waals surface area contributed by atoms with E-state index in [1.165, 1.54) is 17.2 Å². The number of aliphatic hydroxyl groups is 5. The van der Waals surface area contributed by atoms with Crippen molar-refractivity contribution in [2.24, 2.45) is 5.92 Å². The van der Waals surface area contributed by atoms with E-state index in [0.29, 0.717) is 29.9 Å². The lowest BCUT2D eigenvalue weighted by Gasteiger charge is -2.27. The van der Waals surface area contributed by atoms with Crippen molar-refractivity contribution in [3.8, 4) is 0 Å². The van der Waals surface area contributed by atoms with Crippen LogP contribution in [0, 0.1) is 5.92 Å². The van der Waals surface area contributed by atoms with Crippen LogP contribution in [0.3, 0.4) is 0 Å². The fourth-order valence-corrected chi connectivity index (χ4v) is 2.50. The first-order chi connectivity index (χ1) is 13.0. The zero-order valence-electron chi connectivity index (χ0n) is 15.1. The monoisotopic (exact) mass is 385 g/mol. The summed E-state index contributed by atoms with van der Waals surface area (Å²) in [4.78, 5) is 12.5. The maximum absolute atomic E-state index is 10.2. The molecule has 6 N–H and O–H groups in total. The zero-order chi connectivity index (χ0) is 19.8. The SMILES string of the molecule is C[C@H](CO)CCNc1ncnc2ncn([C@H](OC(CO)CO)[C@@H](O)CO)c12. The van der Waals surface area contributed by atoms with E-state index >= 15 is 0 Å². The Balaban J connectivity index is 2.34. The number of imidazole rings is 1. The summed E-state index contributed by atoms with van der Waals surface area (Å²) in [6.07, 6.45) is 0.0562. The van der Waals surface area contributed by atoms with E-state index in [1.54, 1.807) is 0 Å². The fourth-order valence-electron chi connectivity index (χ4n) is 2.50. The predicted octanol–water partition coefficient (Wildman–Crippen LogP) is -1.52. The van der Waals surface area contributed by atoms with Gasteiger partial charge in [-0.3, -0.25) is 4.57 Å². The molecule has 0 amide bonds. The average molecular weight is 385 g/mol. The molecule has 0 spiro atoms. The Kier molecular flexibility index (Phi) is 8.28. The molecule has 27 heavy (non-hydrogen) atoms. The van der Waals surface area contributed by atoms with Gasteiger partial charge in [-0.2, -0.15) is 0 Å². The van der Waals surface area contributed by atoms with Crippen LogP contribution in [0.25, 0.3) is 11.2 Å². The van der Waals surface area contributed by atoms with Gasteiger partial charge in [-0.15, -0.1) is 0 Å². The number of nitrogens with one attached hydrogen (secondary N) is 1. The molecule has 2 heterocycles. The first-order valence-corrected chi connectivity index (χ1v) is 8.74. The lowest BCUT2D eigenvalue weighted by atomic mass is 10.1. The lowest BCUT2D eigenvalue weighted by molar-refractivity contribution is -0.147. The molecule has 0 aliphatic heterocycles. The highest BCUT2D eigenvalue weighted by Gasteiger charge is 2.27. The van der Waals surface area contributed by atoms with Crippen LogP contribution in [0.4, 0.5) is 5.82 Å². The van der Waals surface area contributed by atoms with E-state index in [0.717, 1.165) is 0 Å². The van der Waals surface area contributed by atoms with Crippen molar-refractivity contribution >= 4 is 17.0 Å². The summed E-state index contributed by atoms with van der Waals surface area (Å²) < 4.78 is 7.02. The topological polar surface area (TPSA) is 166 Å². The van der Waals surface area contributed by atoms with Crippen molar-refractivity contribution in [1.82, 2.24) is 19.5 Å². The molecule has 11 heteroatoms. The van der Waals surface area contributed by atoms with E-state index in [2.05, 4.69) is 20.3 Å². The average Bonchev–Trinajstić information content (AvgIpc) is 3.13. The molecule has 0 aromatic carbocycles. The van der Waals surface area contributed by atoms with E-state index in [1.807, 2.05) is 6.92 Å². The minimum absolute atomic E-state index is 0.0844. The third-order valence-electron chi connectivity index (χ3n) is 4.14. The lowest BCUT2D eigenvalue weighted by Crippen LogP contribution is -2.35. The van der Waals surface area contributed by atoms with Crippen molar-refractivity contribution in [2.75, 3.05) is 38.3 Å². The van der Waals surface area contributed by atoms with E-state index < -0.39 is 38.3 Å². The van der Waals surface area contributed by atoms with Gasteiger partial charge in [-0.25, -0.2) is 15.0 Å². The molecule has 11 nitrogen and oxygen atoms in total. The maximum atomic E-state index is 10.2. The van der Waals surface area contributed by atoms with Gasteiger partial charge in [0, 0.05) is 13.2 Å². The first kappa shape index (κ1) is 21.4. The number of hydrogen-bond donors (Lipinski definition) is 6. The van der Waals surface area contributed by atoms with Crippen LogP contribution in [-0.2, 0) is 4.74 Å². The quantitative estimate of drug-likeness (QED) is 0.252. The Morgan fingerprint density at radius 2 is 1.81 bits per heavy atom. The summed E-state index contributed by atoms with van der Waals surface area (Å²) in [6, 6.07) is 0. The normalized spacial score (nSPS) is 15.2. The van der Waals surface area contributed by atoms with Gasteiger partial charge in [0.25, 0.3) is 0 Å². The number of nitrogens with zero attached hydrogens (tertiary/aromatic N) is 4. The highest BCUT2D eigenvalue weighted by molar-refractivity contribution is 5.83. The standard InChI is InChI=1S/C16H27N5O6/c1-10(4-22)2-3-17-14-13-15(19-8-18-14)20-9-21(13)16(12(26)7-25)27-11(5-23)6-24/h8-12,16,22-26H,2-7H2,1H3,(H,17,18,19)/t10-,12-,16+/m0/s1. The molecule has 0 saturated carbocycles. The van der Waals surface area contributed by atoms with Crippen molar-refractivity contribution < 1.29 is 30.3 Å². The predicted molar refractivity (Wildman–Crippen MR) is 95.9 cm³/mol. The smallest absolute Gasteiger partial charge is 0.183 e. The van der Waals surface area contributed by atoms with Crippen LogP contribution in [0.5, 0.6) is 0 Å². The largest absolute Gasteiger partial charge is 0.396 e. The van der Waals surface area contributed by atoms with Crippen molar-refractivity contribution in [3.05, 3.63) is 12.7 Å². The third-order valence-corrected chi connectivity index (χ3v) is 4.14. The molecule has 2 rings (SSSR count). The molecule has 0 aliphatic carbocycles. The number of aromatic nitrogens is 4. The van der Waals surface area contributed by atoms with Gasteiger partial charge in [-0.1, -0.05) is 6.92 Å². The van der Waals surface area contributed by atoms with Gasteiger partial charge < -0.3 is 35.6 Å². The Morgan fingerprint density at radius 1 is 1.07 bits per heavy atom. The minimum Gasteiger partial charge on any atom is -0.396 e. The number of aliphatic hydroxyl groups excluding tert-OH is 5. The molecular weight excluding hydrogens is 358 g/mol. The Bertz CT molecular complexity index is 695. The van der Waals surface area contributed by atoms with Gasteiger partial charge in [-0.05, 0) is 12.3 Å². The minimum atomic E-state index is -1.33. The first-order valence-electron chi connectivity index (χ1n) is 8.74. The van der Waals surface area contributed by atoms with Crippen molar-refractivity contribution in [3.63, 3.8) is 0 Å². The van der Waals surface area contributed by atoms with Crippen molar-refractivity contribution in [2.45, 2.75) is 31.8 Å². The molecule has 0 fully saturated rings. The van der Waals surface area contributed by atoms with Crippen LogP contribution in [0.2, 0.25) is 0 Å². The van der Waals surface area contributed by atoms with Crippen LogP contribution in [0.1, 0.15) is 19.6 Å². The summed E-state index contributed by atoms with van der Waals surface area (Å²) in [5.74, 6) is 0.577. The second kappa shape index (κ2) is 10.4. The van der Waals surface area contributed by atoms with E-state index in [4.69, 9.17) is 9.84 Å². The molecule has 3 atom stereocenters. The zero-order valence-corrected chi connectivity index (χ0v) is 15.1. The van der Waals surface area contributed by atoms with E-state index in [-0.39, 0.29) is 12.5 Å². The number of rotatable bonds is 12. The number of anilines is 1. The molecule has 0 saturated heterocycles. The van der Waals surface area contributed by atoms with Gasteiger partial charge in [0.05, 0.1) is 19.8 Å². The molecule has 0 bridgehead atoms. The van der Waals surface area contributed by atoms with Crippen LogP contribution < -0.4 is 5.32 Å². The number of fused-ring (bicyclic) bond motifs is 1. The molecule has 0 unspecified atom stereocenters. The summed E-state index contributed by atoms with van der Waals surface area (Å²) in [5, 5.41) is 50.4. The van der Waals surface area contributed by atoms with Gasteiger partial charge in [0.2, 0.25) is 0 Å². The highest BCUT2D eigenvalue weighted by atomic mass is 16.5. The van der Waals surface area contributed by atoms with Gasteiger partial charge in [0.15, 0.2) is 17.7 Å². The van der Waals surface area contributed by atoms with Crippen molar-refractivity contribution in [1.29, 1.82) is 0 Å². The Labute approximate surface area is 156 Å². The summed E-state index contributed by atoms with van der Waals surface area (Å²) in [7, 11) is 0. The molecule has 2 aromatic rings. The number of ether oxygens (including phenoxy) is 1. The summed E-state index contributed by atoms with van der Waals surface area (Å²) in [6.45, 7) is 1.03. The second-order valence-corrected chi connectivity index (χ2v) is 6.31. The molecule has 2 aromatic heterocycles. The third kappa shape index (κ3) is 5.31. The van der Waals surface area contributed by atoms with Crippen LogP contribution in [-0.4, -0.2) is 90.2 Å². The number of hydrogen-bond acceptors (Lipinski definition) is 10. The maximum Gasteiger partial charge on any atom is 0.183 e. The summed E-state index contributed by atoms with van der Waals surface area (Å²) >= 11 is 0. The molecule has 0 radical (unpaired) electrons. The Hall–Kier alpha value is -1.89. The molecular formula is C16H27N5O6. The Morgan fingerprint density at radius 3 is 2.44 bits per heavy atom. The second-order valence-electron chi connectivity index (χ2n) is 6.31. The van der Waals surface area contributed by atoms with Crippen LogP contribution in [0.15, 0.2) is 12.7 Å².